The number of hydrogen-bond donors (Lipinski definition) is 1. The van der Waals surface area contributed by atoms with E-state index in [9.17, 15) is 0 Å². The van der Waals surface area contributed by atoms with Gasteiger partial charge in [0, 0.05) is 46.5 Å². The lowest BCUT2D eigenvalue weighted by molar-refractivity contribution is 1.33. The lowest BCUT2D eigenvalue weighted by Gasteiger charge is -2.04. The molecule has 3 heterocycles. The summed E-state index contributed by atoms with van der Waals surface area (Å²) < 4.78 is 0. The Kier molecular flexibility index (Phi) is 3.13. The number of aromatic nitrogens is 3. The smallest absolute Gasteiger partial charge is 0.0957 e. The summed E-state index contributed by atoms with van der Waals surface area (Å²) in [5.41, 5.74) is 6.22. The number of hydrogen-bond acceptors (Lipinski definition) is 2. The molecule has 0 aliphatic carbocycles. The van der Waals surface area contributed by atoms with Crippen LogP contribution in [0.15, 0.2) is 67.3 Å². The Hall–Kier alpha value is -2.65. The van der Waals surface area contributed by atoms with Crippen LogP contribution in [0, 0.1) is 0 Å². The molecule has 0 saturated heterocycles. The molecule has 0 unspecified atom stereocenters. The molecule has 0 atom stereocenters. The van der Waals surface area contributed by atoms with Gasteiger partial charge in [0.1, 0.15) is 0 Å². The topological polar surface area (TPSA) is 41.6 Å². The lowest BCUT2D eigenvalue weighted by atomic mass is 10.0. The van der Waals surface area contributed by atoms with Gasteiger partial charge in [-0.1, -0.05) is 23.7 Å². The van der Waals surface area contributed by atoms with Crippen LogP contribution >= 0.6 is 11.6 Å². The highest BCUT2D eigenvalue weighted by Crippen LogP contribution is 2.29. The van der Waals surface area contributed by atoms with Crippen molar-refractivity contribution in [2.75, 3.05) is 0 Å². The van der Waals surface area contributed by atoms with Crippen LogP contribution in [-0.4, -0.2) is 15.0 Å². The largest absolute Gasteiger partial charge is 0.359 e. The van der Waals surface area contributed by atoms with Crippen LogP contribution in [0.25, 0.3) is 33.3 Å². The summed E-state index contributed by atoms with van der Waals surface area (Å²) in [6, 6.07) is 13.8. The van der Waals surface area contributed by atoms with Crippen molar-refractivity contribution in [3.8, 4) is 22.3 Å². The summed E-state index contributed by atoms with van der Waals surface area (Å²) in [6.45, 7) is 0. The highest BCUT2D eigenvalue weighted by molar-refractivity contribution is 6.30. The second kappa shape index (κ2) is 5.28. The molecule has 0 fully saturated rings. The Morgan fingerprint density at radius 1 is 0.909 bits per heavy atom. The normalized spacial score (nSPS) is 11.0. The minimum absolute atomic E-state index is 0.730. The number of nitrogens with one attached hydrogen (secondary N) is 1. The molecule has 3 nitrogen and oxygen atoms in total. The van der Waals surface area contributed by atoms with Crippen LogP contribution in [0.5, 0.6) is 0 Å². The van der Waals surface area contributed by atoms with Gasteiger partial charge in [0.25, 0.3) is 0 Å². The summed E-state index contributed by atoms with van der Waals surface area (Å²) in [4.78, 5) is 12.1. The van der Waals surface area contributed by atoms with Gasteiger partial charge in [-0.25, -0.2) is 0 Å². The van der Waals surface area contributed by atoms with Gasteiger partial charge in [-0.2, -0.15) is 0 Å². The predicted octanol–water partition coefficient (Wildman–Crippen LogP) is 4.95. The Morgan fingerprint density at radius 3 is 2.59 bits per heavy atom. The monoisotopic (exact) mass is 305 g/mol. The Bertz CT molecular complexity index is 942. The molecular formula is C18H12ClN3. The number of fused-ring (bicyclic) bond motifs is 1. The Labute approximate surface area is 132 Å². The number of pyridine rings is 2. The average Bonchev–Trinajstić information content (AvgIpc) is 3.00. The first-order chi connectivity index (χ1) is 10.8. The first-order valence-corrected chi connectivity index (χ1v) is 7.32. The van der Waals surface area contributed by atoms with E-state index in [1.54, 1.807) is 6.20 Å². The molecule has 1 N–H and O–H groups in total. The van der Waals surface area contributed by atoms with Gasteiger partial charge in [0.15, 0.2) is 0 Å². The highest BCUT2D eigenvalue weighted by Gasteiger charge is 2.08. The fourth-order valence-electron chi connectivity index (χ4n) is 2.56. The second-order valence-corrected chi connectivity index (χ2v) is 5.51. The maximum absolute atomic E-state index is 5.95. The molecule has 22 heavy (non-hydrogen) atoms. The minimum Gasteiger partial charge on any atom is -0.359 e. The van der Waals surface area contributed by atoms with E-state index in [1.807, 2.05) is 55.0 Å². The zero-order valence-corrected chi connectivity index (χ0v) is 12.4. The third kappa shape index (κ3) is 2.26. The molecule has 1 aromatic carbocycles. The van der Waals surface area contributed by atoms with E-state index < -0.39 is 0 Å². The number of benzene rings is 1. The van der Waals surface area contributed by atoms with E-state index in [-0.39, 0.29) is 0 Å². The van der Waals surface area contributed by atoms with E-state index in [2.05, 4.69) is 21.0 Å². The predicted molar refractivity (Wildman–Crippen MR) is 89.8 cm³/mol. The van der Waals surface area contributed by atoms with E-state index >= 15 is 0 Å². The van der Waals surface area contributed by atoms with Crippen molar-refractivity contribution < 1.29 is 0 Å². The molecule has 0 aliphatic heterocycles. The average molecular weight is 306 g/mol. The first kappa shape index (κ1) is 13.0. The number of H-pyrrole nitrogens is 1. The molecule has 4 aromatic rings. The lowest BCUT2D eigenvalue weighted by Crippen LogP contribution is -1.84. The second-order valence-electron chi connectivity index (χ2n) is 5.07. The molecular weight excluding hydrogens is 294 g/mol. The van der Waals surface area contributed by atoms with Crippen LogP contribution in [0.1, 0.15) is 0 Å². The van der Waals surface area contributed by atoms with Gasteiger partial charge >= 0.3 is 0 Å². The third-order valence-corrected chi connectivity index (χ3v) is 3.91. The Morgan fingerprint density at radius 2 is 1.73 bits per heavy atom. The van der Waals surface area contributed by atoms with Crippen LogP contribution < -0.4 is 0 Å². The molecule has 0 aliphatic rings. The minimum atomic E-state index is 0.730. The van der Waals surface area contributed by atoms with Crippen molar-refractivity contribution in [1.29, 1.82) is 0 Å². The third-order valence-electron chi connectivity index (χ3n) is 3.66. The number of rotatable bonds is 2. The quantitative estimate of drug-likeness (QED) is 0.569. The SMILES string of the molecule is Clc1ccc(-c2cncc(-c3c[nH]c4cccnc34)c2)cc1. The molecule has 106 valence electrons. The maximum atomic E-state index is 5.95. The fraction of sp³-hybridized carbons (Fsp3) is 0. The van der Waals surface area contributed by atoms with E-state index in [0.29, 0.717) is 0 Å². The molecule has 3 aromatic heterocycles. The number of aromatic amines is 1. The Balaban J connectivity index is 1.83. The van der Waals surface area contributed by atoms with E-state index in [0.717, 1.165) is 38.3 Å². The van der Waals surface area contributed by atoms with Crippen LogP contribution in [0.3, 0.4) is 0 Å². The van der Waals surface area contributed by atoms with Crippen molar-refractivity contribution in [2.45, 2.75) is 0 Å². The molecule has 0 bridgehead atoms. The summed E-state index contributed by atoms with van der Waals surface area (Å²) in [6.07, 6.45) is 7.49. The standard InChI is InChI=1S/C18H12ClN3/c19-15-5-3-12(4-6-15)13-8-14(10-20-9-13)16-11-22-17-2-1-7-21-18(16)17/h1-11,22H. The van der Waals surface area contributed by atoms with Gasteiger partial charge in [-0.3, -0.25) is 9.97 Å². The van der Waals surface area contributed by atoms with Gasteiger partial charge < -0.3 is 4.98 Å². The maximum Gasteiger partial charge on any atom is 0.0957 e. The van der Waals surface area contributed by atoms with E-state index in [1.165, 1.54) is 0 Å². The van der Waals surface area contributed by atoms with Gasteiger partial charge in [-0.05, 0) is 35.9 Å². The van der Waals surface area contributed by atoms with Crippen LogP contribution in [0.4, 0.5) is 0 Å². The van der Waals surface area contributed by atoms with Crippen molar-refractivity contribution >= 4 is 22.6 Å². The summed E-state index contributed by atoms with van der Waals surface area (Å²) in [7, 11) is 0. The first-order valence-electron chi connectivity index (χ1n) is 6.95. The number of nitrogens with zero attached hydrogens (tertiary/aromatic N) is 2. The van der Waals surface area contributed by atoms with Crippen molar-refractivity contribution in [3.05, 3.63) is 72.3 Å². The highest BCUT2D eigenvalue weighted by atomic mass is 35.5. The van der Waals surface area contributed by atoms with Gasteiger partial charge in [-0.15, -0.1) is 0 Å². The van der Waals surface area contributed by atoms with Crippen LogP contribution in [-0.2, 0) is 0 Å². The van der Waals surface area contributed by atoms with E-state index in [4.69, 9.17) is 11.6 Å². The van der Waals surface area contributed by atoms with Gasteiger partial charge in [0.2, 0.25) is 0 Å². The van der Waals surface area contributed by atoms with Crippen molar-refractivity contribution in [3.63, 3.8) is 0 Å². The molecule has 0 radical (unpaired) electrons. The van der Waals surface area contributed by atoms with Crippen LogP contribution in [0.2, 0.25) is 5.02 Å². The summed E-state index contributed by atoms with van der Waals surface area (Å²) in [5.74, 6) is 0. The zero-order chi connectivity index (χ0) is 14.9. The van der Waals surface area contributed by atoms with Crippen molar-refractivity contribution in [2.24, 2.45) is 0 Å². The molecule has 0 spiro atoms. The summed E-state index contributed by atoms with van der Waals surface area (Å²) in [5, 5.41) is 0.730. The van der Waals surface area contributed by atoms with Crippen molar-refractivity contribution in [1.82, 2.24) is 15.0 Å². The summed E-state index contributed by atoms with van der Waals surface area (Å²) >= 11 is 5.95. The number of halogens is 1. The fourth-order valence-corrected chi connectivity index (χ4v) is 2.69. The molecule has 4 heteroatoms. The molecule has 0 saturated carbocycles. The zero-order valence-electron chi connectivity index (χ0n) is 11.6. The molecule has 4 rings (SSSR count). The van der Waals surface area contributed by atoms with Gasteiger partial charge in [0.05, 0.1) is 11.0 Å². The molecule has 0 amide bonds.